The van der Waals surface area contributed by atoms with Gasteiger partial charge in [0.2, 0.25) is 0 Å². The summed E-state index contributed by atoms with van der Waals surface area (Å²) in [6.45, 7) is 13.7. The summed E-state index contributed by atoms with van der Waals surface area (Å²) in [6, 6.07) is 35.3. The molecular weight excluding hydrogens is 536 g/mol. The fourth-order valence-corrected chi connectivity index (χ4v) is 8.22. The van der Waals surface area contributed by atoms with E-state index in [4.69, 9.17) is 8.83 Å². The molecule has 0 unspecified atom stereocenters. The Morgan fingerprint density at radius 2 is 0.864 bits per heavy atom. The average Bonchev–Trinajstić information content (AvgIpc) is 3.70. The van der Waals surface area contributed by atoms with Gasteiger partial charge >= 0.3 is 0 Å². The van der Waals surface area contributed by atoms with E-state index in [1.807, 2.05) is 0 Å². The first kappa shape index (κ1) is 25.7. The standard InChI is InChI=1S/C42H34O2/c1-23-11-7-9-13-27(23)25-15-17-35-31(19-25)37-39(43-35)29-21-34-30(22-33(29)41(37,3)4)40-38(42(34,5)6)32-20-26(16-18-36(32)44-40)28-14-10-8-12-24(28)2/h7-22H,1-6H3. The van der Waals surface area contributed by atoms with E-state index in [0.717, 1.165) is 22.7 Å². The summed E-state index contributed by atoms with van der Waals surface area (Å²) in [4.78, 5) is 0. The molecule has 2 heterocycles. The number of rotatable bonds is 2. The normalized spacial score (nSPS) is 15.4. The molecule has 44 heavy (non-hydrogen) atoms. The average molecular weight is 571 g/mol. The van der Waals surface area contributed by atoms with Crippen molar-refractivity contribution >= 4 is 21.9 Å². The molecule has 0 saturated carbocycles. The Labute approximate surface area is 258 Å². The minimum absolute atomic E-state index is 0.216. The van der Waals surface area contributed by atoms with Crippen LogP contribution in [0.2, 0.25) is 0 Å². The Kier molecular flexibility index (Phi) is 4.91. The zero-order valence-electron chi connectivity index (χ0n) is 26.1. The first-order valence-electron chi connectivity index (χ1n) is 15.6. The van der Waals surface area contributed by atoms with Crippen molar-refractivity contribution in [3.8, 4) is 44.9 Å². The van der Waals surface area contributed by atoms with E-state index in [-0.39, 0.29) is 10.8 Å². The van der Waals surface area contributed by atoms with Crippen molar-refractivity contribution in [2.24, 2.45) is 0 Å². The van der Waals surface area contributed by atoms with E-state index >= 15 is 0 Å². The van der Waals surface area contributed by atoms with E-state index in [2.05, 4.69) is 139 Å². The summed E-state index contributed by atoms with van der Waals surface area (Å²) < 4.78 is 13.4. The molecule has 0 fully saturated rings. The predicted molar refractivity (Wildman–Crippen MR) is 181 cm³/mol. The SMILES string of the molecule is Cc1ccccc1-c1ccc2oc3c(c2c1)C(C)(C)c1cc2c(cc1-3)C(C)(C)c1c-2oc2ccc(-c3ccccc3C)cc12. The molecule has 2 aromatic heterocycles. The Hall–Kier alpha value is -4.82. The van der Waals surface area contributed by atoms with Crippen molar-refractivity contribution in [1.29, 1.82) is 0 Å². The summed E-state index contributed by atoms with van der Waals surface area (Å²) in [7, 11) is 0. The molecule has 0 N–H and O–H groups in total. The Morgan fingerprint density at radius 1 is 0.455 bits per heavy atom. The van der Waals surface area contributed by atoms with Gasteiger partial charge in [-0.2, -0.15) is 0 Å². The second-order valence-corrected chi connectivity index (χ2v) is 13.9. The smallest absolute Gasteiger partial charge is 0.139 e. The summed E-state index contributed by atoms with van der Waals surface area (Å²) in [5.41, 5.74) is 16.6. The van der Waals surface area contributed by atoms with Crippen molar-refractivity contribution in [2.45, 2.75) is 52.4 Å². The maximum atomic E-state index is 6.70. The number of aryl methyl sites for hydroxylation is 2. The topological polar surface area (TPSA) is 26.3 Å². The van der Waals surface area contributed by atoms with Crippen molar-refractivity contribution in [1.82, 2.24) is 0 Å². The molecule has 7 aromatic rings. The molecule has 0 amide bonds. The summed E-state index contributed by atoms with van der Waals surface area (Å²) in [5.74, 6) is 2.02. The number of hydrogen-bond donors (Lipinski definition) is 0. The molecule has 2 heteroatoms. The minimum atomic E-state index is -0.216. The molecule has 0 saturated heterocycles. The van der Waals surface area contributed by atoms with Crippen LogP contribution in [0.1, 0.15) is 61.1 Å². The first-order chi connectivity index (χ1) is 21.1. The predicted octanol–water partition coefficient (Wildman–Crippen LogP) is 11.7. The maximum absolute atomic E-state index is 6.70. The molecule has 5 aromatic carbocycles. The summed E-state index contributed by atoms with van der Waals surface area (Å²) >= 11 is 0. The number of benzene rings is 5. The molecule has 0 atom stereocenters. The minimum Gasteiger partial charge on any atom is -0.456 e. The van der Waals surface area contributed by atoms with Crippen LogP contribution in [0.3, 0.4) is 0 Å². The number of hydrogen-bond acceptors (Lipinski definition) is 2. The van der Waals surface area contributed by atoms with Gasteiger partial charge in [0.1, 0.15) is 22.7 Å². The van der Waals surface area contributed by atoms with Crippen molar-refractivity contribution in [3.63, 3.8) is 0 Å². The monoisotopic (exact) mass is 570 g/mol. The quantitative estimate of drug-likeness (QED) is 0.207. The van der Waals surface area contributed by atoms with Gasteiger partial charge in [-0.3, -0.25) is 0 Å². The second kappa shape index (κ2) is 8.42. The summed E-state index contributed by atoms with van der Waals surface area (Å²) in [5, 5.41) is 2.41. The van der Waals surface area contributed by atoms with Gasteiger partial charge in [0.25, 0.3) is 0 Å². The van der Waals surface area contributed by atoms with E-state index in [9.17, 15) is 0 Å². The van der Waals surface area contributed by atoms with Gasteiger partial charge in [0.05, 0.1) is 0 Å². The van der Waals surface area contributed by atoms with Crippen LogP contribution in [0.15, 0.2) is 106 Å². The second-order valence-electron chi connectivity index (χ2n) is 13.9. The van der Waals surface area contributed by atoms with E-state index in [1.54, 1.807) is 0 Å². The van der Waals surface area contributed by atoms with Crippen LogP contribution >= 0.6 is 0 Å². The van der Waals surface area contributed by atoms with Gasteiger partial charge in [-0.05, 0) is 94.8 Å². The molecule has 2 aliphatic rings. The molecule has 9 rings (SSSR count). The van der Waals surface area contributed by atoms with Crippen LogP contribution in [-0.4, -0.2) is 0 Å². The van der Waals surface area contributed by atoms with Crippen LogP contribution in [-0.2, 0) is 10.8 Å². The van der Waals surface area contributed by atoms with Crippen LogP contribution in [0.4, 0.5) is 0 Å². The van der Waals surface area contributed by atoms with Crippen LogP contribution in [0.5, 0.6) is 0 Å². The molecular formula is C42H34O2. The van der Waals surface area contributed by atoms with E-state index in [1.165, 1.54) is 77.5 Å². The van der Waals surface area contributed by atoms with Gasteiger partial charge in [-0.15, -0.1) is 0 Å². The van der Waals surface area contributed by atoms with Crippen molar-refractivity contribution in [3.05, 3.63) is 130 Å². The molecule has 214 valence electrons. The third kappa shape index (κ3) is 3.21. The maximum Gasteiger partial charge on any atom is 0.139 e. The van der Waals surface area contributed by atoms with E-state index in [0.29, 0.717) is 0 Å². The third-order valence-corrected chi connectivity index (χ3v) is 10.5. The van der Waals surface area contributed by atoms with Gasteiger partial charge in [0, 0.05) is 43.9 Å². The fourth-order valence-electron chi connectivity index (χ4n) is 8.22. The lowest BCUT2D eigenvalue weighted by Crippen LogP contribution is -2.17. The largest absolute Gasteiger partial charge is 0.456 e. The van der Waals surface area contributed by atoms with Crippen molar-refractivity contribution in [2.75, 3.05) is 0 Å². The van der Waals surface area contributed by atoms with Crippen LogP contribution < -0.4 is 0 Å². The lowest BCUT2D eigenvalue weighted by atomic mass is 9.78. The summed E-state index contributed by atoms with van der Waals surface area (Å²) in [6.07, 6.45) is 0. The highest BCUT2D eigenvalue weighted by molar-refractivity contribution is 6.01. The highest BCUT2D eigenvalue weighted by atomic mass is 16.3. The molecule has 2 nitrogen and oxygen atoms in total. The van der Waals surface area contributed by atoms with Gasteiger partial charge in [-0.1, -0.05) is 88.4 Å². The Morgan fingerprint density at radius 3 is 1.27 bits per heavy atom. The zero-order valence-corrected chi connectivity index (χ0v) is 26.1. The molecule has 0 radical (unpaired) electrons. The highest BCUT2D eigenvalue weighted by Gasteiger charge is 2.46. The van der Waals surface area contributed by atoms with Gasteiger partial charge < -0.3 is 8.83 Å². The Bertz CT molecular complexity index is 2190. The fraction of sp³-hybridized carbons (Fsp3) is 0.190. The first-order valence-corrected chi connectivity index (χ1v) is 15.6. The zero-order chi connectivity index (χ0) is 30.1. The van der Waals surface area contributed by atoms with Crippen molar-refractivity contribution < 1.29 is 8.83 Å². The van der Waals surface area contributed by atoms with Gasteiger partial charge in [-0.25, -0.2) is 0 Å². The van der Waals surface area contributed by atoms with Crippen LogP contribution in [0.25, 0.3) is 66.8 Å². The van der Waals surface area contributed by atoms with E-state index < -0.39 is 0 Å². The third-order valence-electron chi connectivity index (χ3n) is 10.5. The molecule has 2 aliphatic carbocycles. The molecule has 0 aliphatic heterocycles. The van der Waals surface area contributed by atoms with Crippen LogP contribution in [0, 0.1) is 13.8 Å². The molecule has 0 bridgehead atoms. The lowest BCUT2D eigenvalue weighted by Gasteiger charge is -2.24. The van der Waals surface area contributed by atoms with Gasteiger partial charge in [0.15, 0.2) is 0 Å². The lowest BCUT2D eigenvalue weighted by molar-refractivity contribution is 0.617. The highest BCUT2D eigenvalue weighted by Crippen LogP contribution is 2.59. The number of furan rings is 2. The number of fused-ring (bicyclic) bond motifs is 10. The molecule has 0 spiro atoms. The Balaban J connectivity index is 1.23.